The molecule has 3 aromatic rings. The lowest BCUT2D eigenvalue weighted by atomic mass is 10.2. The Morgan fingerprint density at radius 3 is 2.67 bits per heavy atom. The number of methoxy groups -OCH3 is 1. The summed E-state index contributed by atoms with van der Waals surface area (Å²) in [7, 11) is 1.20. The van der Waals surface area contributed by atoms with Crippen molar-refractivity contribution in [3.05, 3.63) is 69.6 Å². The Balaban J connectivity index is 2.03. The summed E-state index contributed by atoms with van der Waals surface area (Å²) < 4.78 is 6.17. The minimum Gasteiger partial charge on any atom is -0.465 e. The minimum absolute atomic E-state index is 0.106. The van der Waals surface area contributed by atoms with Crippen molar-refractivity contribution < 1.29 is 14.3 Å². The third-order valence-corrected chi connectivity index (χ3v) is 4.08. The van der Waals surface area contributed by atoms with Gasteiger partial charge in [-0.3, -0.25) is 9.59 Å². The van der Waals surface area contributed by atoms with Gasteiger partial charge >= 0.3 is 5.97 Å². The first-order valence-electron chi connectivity index (χ1n) is 8.34. The SMILES string of the molecule is COC(=O)c1cn(CC(=O)Nc2cccc(C)c2)c2nc(C)ccc2c1=O. The van der Waals surface area contributed by atoms with Crippen molar-refractivity contribution in [3.8, 4) is 0 Å². The highest BCUT2D eigenvalue weighted by atomic mass is 16.5. The van der Waals surface area contributed by atoms with E-state index in [-0.39, 0.29) is 23.4 Å². The maximum absolute atomic E-state index is 12.6. The number of anilines is 1. The molecule has 1 amide bonds. The quantitative estimate of drug-likeness (QED) is 0.717. The van der Waals surface area contributed by atoms with Crippen molar-refractivity contribution in [1.29, 1.82) is 0 Å². The van der Waals surface area contributed by atoms with Gasteiger partial charge in [0.1, 0.15) is 17.8 Å². The van der Waals surface area contributed by atoms with Crippen LogP contribution in [0.3, 0.4) is 0 Å². The fourth-order valence-corrected chi connectivity index (χ4v) is 2.81. The summed E-state index contributed by atoms with van der Waals surface area (Å²) in [5.41, 5.74) is 2.11. The number of carbonyl (C=O) groups is 2. The molecule has 2 aromatic heterocycles. The van der Waals surface area contributed by atoms with Gasteiger partial charge in [-0.1, -0.05) is 12.1 Å². The number of aryl methyl sites for hydroxylation is 2. The average Bonchev–Trinajstić information content (AvgIpc) is 2.63. The van der Waals surface area contributed by atoms with Gasteiger partial charge in [-0.25, -0.2) is 9.78 Å². The van der Waals surface area contributed by atoms with Crippen LogP contribution in [-0.4, -0.2) is 28.5 Å². The molecule has 7 heteroatoms. The van der Waals surface area contributed by atoms with Gasteiger partial charge in [0.15, 0.2) is 0 Å². The van der Waals surface area contributed by atoms with Gasteiger partial charge in [-0.15, -0.1) is 0 Å². The van der Waals surface area contributed by atoms with Crippen LogP contribution >= 0.6 is 0 Å². The molecule has 138 valence electrons. The van der Waals surface area contributed by atoms with Gasteiger partial charge in [-0.2, -0.15) is 0 Å². The molecule has 0 saturated carbocycles. The molecule has 0 bridgehead atoms. The highest BCUT2D eigenvalue weighted by Crippen LogP contribution is 2.13. The number of benzene rings is 1. The molecule has 0 aliphatic carbocycles. The van der Waals surface area contributed by atoms with Gasteiger partial charge < -0.3 is 14.6 Å². The van der Waals surface area contributed by atoms with E-state index < -0.39 is 11.4 Å². The normalized spacial score (nSPS) is 10.6. The van der Waals surface area contributed by atoms with Crippen LogP contribution in [0.25, 0.3) is 11.0 Å². The summed E-state index contributed by atoms with van der Waals surface area (Å²) in [5.74, 6) is -1.06. The molecule has 0 spiro atoms. The van der Waals surface area contributed by atoms with Gasteiger partial charge in [0, 0.05) is 17.6 Å². The van der Waals surface area contributed by atoms with E-state index in [9.17, 15) is 14.4 Å². The smallest absolute Gasteiger partial charge is 0.343 e. The summed E-state index contributed by atoms with van der Waals surface area (Å²) in [5, 5.41) is 3.06. The number of nitrogens with zero attached hydrogens (tertiary/aromatic N) is 2. The molecule has 2 heterocycles. The number of hydrogen-bond donors (Lipinski definition) is 1. The summed E-state index contributed by atoms with van der Waals surface area (Å²) >= 11 is 0. The van der Waals surface area contributed by atoms with Crippen molar-refractivity contribution in [3.63, 3.8) is 0 Å². The summed E-state index contributed by atoms with van der Waals surface area (Å²) in [6.45, 7) is 3.61. The van der Waals surface area contributed by atoms with Crippen molar-refractivity contribution in [2.75, 3.05) is 12.4 Å². The summed E-state index contributed by atoms with van der Waals surface area (Å²) in [4.78, 5) is 41.4. The number of amides is 1. The van der Waals surface area contributed by atoms with Crippen LogP contribution in [0.2, 0.25) is 0 Å². The molecular weight excluding hydrogens is 346 g/mol. The van der Waals surface area contributed by atoms with E-state index in [4.69, 9.17) is 0 Å². The predicted octanol–water partition coefficient (Wildman–Crippen LogP) is 2.44. The first-order chi connectivity index (χ1) is 12.9. The highest BCUT2D eigenvalue weighted by Gasteiger charge is 2.18. The topological polar surface area (TPSA) is 90.3 Å². The molecule has 0 atom stereocenters. The Kier molecular flexibility index (Phi) is 5.03. The number of ether oxygens (including phenoxy) is 1. The van der Waals surface area contributed by atoms with E-state index in [0.717, 1.165) is 5.56 Å². The molecule has 0 radical (unpaired) electrons. The number of carbonyl (C=O) groups excluding carboxylic acids is 2. The Bertz CT molecular complexity index is 1100. The Morgan fingerprint density at radius 1 is 1.19 bits per heavy atom. The fraction of sp³-hybridized carbons (Fsp3) is 0.200. The van der Waals surface area contributed by atoms with Crippen molar-refractivity contribution in [1.82, 2.24) is 9.55 Å². The number of hydrogen-bond acceptors (Lipinski definition) is 5. The largest absolute Gasteiger partial charge is 0.465 e. The van der Waals surface area contributed by atoms with Gasteiger partial charge in [0.25, 0.3) is 0 Å². The first kappa shape index (κ1) is 18.3. The fourth-order valence-electron chi connectivity index (χ4n) is 2.81. The molecule has 3 rings (SSSR count). The van der Waals surface area contributed by atoms with Crippen LogP contribution in [0.15, 0.2) is 47.4 Å². The maximum Gasteiger partial charge on any atom is 0.343 e. The van der Waals surface area contributed by atoms with Crippen LogP contribution in [0, 0.1) is 13.8 Å². The van der Waals surface area contributed by atoms with Crippen LogP contribution in [0.5, 0.6) is 0 Å². The second-order valence-corrected chi connectivity index (χ2v) is 6.23. The number of rotatable bonds is 4. The third-order valence-electron chi connectivity index (χ3n) is 4.08. The molecule has 1 N–H and O–H groups in total. The number of nitrogens with one attached hydrogen (secondary N) is 1. The molecule has 1 aromatic carbocycles. The molecular formula is C20H19N3O4. The van der Waals surface area contributed by atoms with Gasteiger partial charge in [0.05, 0.1) is 12.5 Å². The first-order valence-corrected chi connectivity index (χ1v) is 8.34. The lowest BCUT2D eigenvalue weighted by Gasteiger charge is -2.13. The minimum atomic E-state index is -0.754. The Morgan fingerprint density at radius 2 is 1.96 bits per heavy atom. The van der Waals surface area contributed by atoms with Crippen LogP contribution in [0.1, 0.15) is 21.6 Å². The standard InChI is InChI=1S/C20H19N3O4/c1-12-5-4-6-14(9-12)22-17(24)11-23-10-16(20(26)27-3)18(25)15-8-7-13(2)21-19(15)23/h4-10H,11H2,1-3H3,(H,22,24). The molecule has 7 nitrogen and oxygen atoms in total. The number of aromatic nitrogens is 2. The van der Waals surface area contributed by atoms with Crippen LogP contribution < -0.4 is 10.7 Å². The van der Waals surface area contributed by atoms with Crippen LogP contribution in [-0.2, 0) is 16.1 Å². The van der Waals surface area contributed by atoms with E-state index in [1.165, 1.54) is 17.9 Å². The van der Waals surface area contributed by atoms with Crippen LogP contribution in [0.4, 0.5) is 5.69 Å². The second kappa shape index (κ2) is 7.41. The van der Waals surface area contributed by atoms with Crippen molar-refractivity contribution >= 4 is 28.6 Å². The van der Waals surface area contributed by atoms with Gasteiger partial charge in [0.2, 0.25) is 11.3 Å². The Hall–Kier alpha value is -3.48. The average molecular weight is 365 g/mol. The van der Waals surface area contributed by atoms with Crippen molar-refractivity contribution in [2.45, 2.75) is 20.4 Å². The van der Waals surface area contributed by atoms with E-state index in [1.54, 1.807) is 25.1 Å². The lowest BCUT2D eigenvalue weighted by Crippen LogP contribution is -2.25. The van der Waals surface area contributed by atoms with Gasteiger partial charge in [-0.05, 0) is 43.7 Å². The molecule has 0 fully saturated rings. The number of fused-ring (bicyclic) bond motifs is 1. The summed E-state index contributed by atoms with van der Waals surface area (Å²) in [6, 6.07) is 10.7. The molecule has 0 aliphatic rings. The number of esters is 1. The predicted molar refractivity (Wildman–Crippen MR) is 102 cm³/mol. The molecule has 27 heavy (non-hydrogen) atoms. The number of pyridine rings is 2. The molecule has 0 aliphatic heterocycles. The van der Waals surface area contributed by atoms with E-state index in [1.807, 2.05) is 25.1 Å². The zero-order valence-corrected chi connectivity index (χ0v) is 15.3. The highest BCUT2D eigenvalue weighted by molar-refractivity contribution is 5.94. The van der Waals surface area contributed by atoms with Crippen molar-refractivity contribution in [2.24, 2.45) is 0 Å². The second-order valence-electron chi connectivity index (χ2n) is 6.23. The van der Waals surface area contributed by atoms with E-state index >= 15 is 0 Å². The molecule has 0 saturated heterocycles. The van der Waals surface area contributed by atoms with E-state index in [0.29, 0.717) is 17.0 Å². The molecule has 0 unspecified atom stereocenters. The summed E-state index contributed by atoms with van der Waals surface area (Å²) in [6.07, 6.45) is 1.32. The third kappa shape index (κ3) is 3.87. The zero-order chi connectivity index (χ0) is 19.6. The van der Waals surface area contributed by atoms with E-state index in [2.05, 4.69) is 15.0 Å². The zero-order valence-electron chi connectivity index (χ0n) is 15.3. The Labute approximate surface area is 155 Å². The monoisotopic (exact) mass is 365 g/mol. The maximum atomic E-state index is 12.6. The lowest BCUT2D eigenvalue weighted by molar-refractivity contribution is -0.116.